The molecule has 1 N–H and O–H groups in total. The van der Waals surface area contributed by atoms with E-state index in [1.54, 1.807) is 18.5 Å². The van der Waals surface area contributed by atoms with E-state index < -0.39 is 5.41 Å². The second-order valence-electron chi connectivity index (χ2n) is 5.70. The van der Waals surface area contributed by atoms with Crippen molar-refractivity contribution < 1.29 is 0 Å². The van der Waals surface area contributed by atoms with Crippen LogP contribution in [-0.2, 0) is 5.41 Å². The van der Waals surface area contributed by atoms with Gasteiger partial charge in [0.15, 0.2) is 11.0 Å². The molecule has 3 aromatic rings. The van der Waals surface area contributed by atoms with Gasteiger partial charge < -0.3 is 5.32 Å². The van der Waals surface area contributed by atoms with Crippen molar-refractivity contribution in [3.8, 4) is 6.07 Å². The van der Waals surface area contributed by atoms with Crippen LogP contribution in [0.4, 0.5) is 11.5 Å². The Hall–Kier alpha value is -2.71. The first kappa shape index (κ1) is 15.2. The summed E-state index contributed by atoms with van der Waals surface area (Å²) in [5, 5.41) is 22.4. The lowest BCUT2D eigenvalue weighted by molar-refractivity contribution is 0.687. The number of anilines is 2. The van der Waals surface area contributed by atoms with Gasteiger partial charge in [0.05, 0.1) is 11.5 Å². The summed E-state index contributed by atoms with van der Waals surface area (Å²) in [5.41, 5.74) is 1.29. The minimum atomic E-state index is -0.519. The molecule has 114 valence electrons. The van der Waals surface area contributed by atoms with Crippen molar-refractivity contribution in [3.05, 3.63) is 53.4 Å². The predicted octanol–water partition coefficient (Wildman–Crippen LogP) is 4.22. The highest BCUT2D eigenvalue weighted by Gasteiger charge is 2.19. The highest BCUT2D eigenvalue weighted by Crippen LogP contribution is 2.28. The summed E-state index contributed by atoms with van der Waals surface area (Å²) in [6.45, 7) is 3.78. The molecule has 0 fully saturated rings. The molecule has 0 aliphatic carbocycles. The molecule has 2 aromatic heterocycles. The number of fused-ring (bicyclic) bond motifs is 1. The number of benzene rings is 1. The topological polar surface area (TPSA) is 74.5 Å². The normalized spacial score (nSPS) is 11.2. The summed E-state index contributed by atoms with van der Waals surface area (Å²) in [5.74, 6) is 0.588. The molecule has 0 amide bonds. The molecule has 3 rings (SSSR count). The van der Waals surface area contributed by atoms with E-state index in [1.165, 1.54) is 0 Å². The fourth-order valence-corrected chi connectivity index (χ4v) is 2.43. The van der Waals surface area contributed by atoms with Crippen molar-refractivity contribution in [1.82, 2.24) is 15.2 Å². The molecule has 0 spiro atoms. The Labute approximate surface area is 139 Å². The molecule has 0 atom stereocenters. The third-order valence-corrected chi connectivity index (χ3v) is 3.96. The second kappa shape index (κ2) is 5.82. The van der Waals surface area contributed by atoms with E-state index >= 15 is 0 Å². The van der Waals surface area contributed by atoms with Crippen LogP contribution in [-0.4, -0.2) is 15.2 Å². The fourth-order valence-electron chi connectivity index (χ4n) is 2.23. The summed E-state index contributed by atoms with van der Waals surface area (Å²) < 4.78 is 0. The van der Waals surface area contributed by atoms with Gasteiger partial charge in [-0.1, -0.05) is 23.7 Å². The van der Waals surface area contributed by atoms with E-state index in [1.807, 2.05) is 38.1 Å². The van der Waals surface area contributed by atoms with Gasteiger partial charge in [-0.05, 0) is 37.6 Å². The van der Waals surface area contributed by atoms with Gasteiger partial charge in [-0.3, -0.25) is 4.98 Å². The first-order chi connectivity index (χ1) is 11.0. The molecule has 1 aromatic carbocycles. The summed E-state index contributed by atoms with van der Waals surface area (Å²) in [6, 6.07) is 11.8. The Morgan fingerprint density at radius 1 is 1.09 bits per heavy atom. The Balaban J connectivity index is 1.95. The molecule has 5 nitrogen and oxygen atoms in total. The summed E-state index contributed by atoms with van der Waals surface area (Å²) in [7, 11) is 0. The number of pyridine rings is 1. The van der Waals surface area contributed by atoms with Crippen LogP contribution in [0.2, 0.25) is 5.15 Å². The molecule has 6 heteroatoms. The van der Waals surface area contributed by atoms with Gasteiger partial charge >= 0.3 is 0 Å². The standard InChI is InChI=1S/C17H14ClN5/c1-17(2,10-19)11-3-5-12(6-4-11)21-16-14-9-20-8-7-13(14)15(18)22-23-16/h3-9H,1-2H3,(H,21,23). The Morgan fingerprint density at radius 3 is 2.52 bits per heavy atom. The number of nitrogens with one attached hydrogen (secondary N) is 1. The first-order valence-corrected chi connectivity index (χ1v) is 7.44. The first-order valence-electron chi connectivity index (χ1n) is 7.06. The third-order valence-electron chi connectivity index (χ3n) is 3.69. The van der Waals surface area contributed by atoms with Crippen LogP contribution in [0.15, 0.2) is 42.7 Å². The van der Waals surface area contributed by atoms with E-state index in [4.69, 9.17) is 11.6 Å². The van der Waals surface area contributed by atoms with Crippen molar-refractivity contribution >= 4 is 33.9 Å². The number of hydrogen-bond acceptors (Lipinski definition) is 5. The molecule has 0 saturated heterocycles. The average Bonchev–Trinajstić information content (AvgIpc) is 2.58. The number of nitriles is 1. The number of aromatic nitrogens is 3. The quantitative estimate of drug-likeness (QED) is 0.781. The summed E-state index contributed by atoms with van der Waals surface area (Å²) >= 11 is 6.06. The van der Waals surface area contributed by atoms with Crippen LogP contribution in [0.25, 0.3) is 10.8 Å². The predicted molar refractivity (Wildman–Crippen MR) is 90.7 cm³/mol. The number of halogens is 1. The minimum Gasteiger partial charge on any atom is -0.338 e. The van der Waals surface area contributed by atoms with Crippen LogP contribution in [0.1, 0.15) is 19.4 Å². The zero-order valence-electron chi connectivity index (χ0n) is 12.7. The van der Waals surface area contributed by atoms with Gasteiger partial charge in [-0.2, -0.15) is 5.26 Å². The van der Waals surface area contributed by atoms with Gasteiger partial charge in [-0.25, -0.2) is 0 Å². The molecular formula is C17H14ClN5. The van der Waals surface area contributed by atoms with E-state index in [9.17, 15) is 5.26 Å². The van der Waals surface area contributed by atoms with E-state index in [-0.39, 0.29) is 0 Å². The number of hydrogen-bond donors (Lipinski definition) is 1. The van der Waals surface area contributed by atoms with Crippen molar-refractivity contribution in [2.24, 2.45) is 0 Å². The van der Waals surface area contributed by atoms with Gasteiger partial charge in [0.1, 0.15) is 0 Å². The van der Waals surface area contributed by atoms with E-state index in [0.717, 1.165) is 22.0 Å². The molecule has 0 unspecified atom stereocenters. The molecule has 0 bridgehead atoms. The Bertz CT molecular complexity index is 897. The summed E-state index contributed by atoms with van der Waals surface area (Å²) in [4.78, 5) is 4.11. The monoisotopic (exact) mass is 323 g/mol. The minimum absolute atomic E-state index is 0.346. The maximum Gasteiger partial charge on any atom is 0.162 e. The van der Waals surface area contributed by atoms with Gasteiger partial charge in [0.25, 0.3) is 0 Å². The zero-order chi connectivity index (χ0) is 16.4. The molecule has 0 aliphatic heterocycles. The maximum absolute atomic E-state index is 9.19. The van der Waals surface area contributed by atoms with Crippen LogP contribution in [0.5, 0.6) is 0 Å². The average molecular weight is 324 g/mol. The molecular weight excluding hydrogens is 310 g/mol. The van der Waals surface area contributed by atoms with Crippen molar-refractivity contribution in [1.29, 1.82) is 5.26 Å². The van der Waals surface area contributed by atoms with E-state index in [2.05, 4.69) is 26.6 Å². The fraction of sp³-hybridized carbons (Fsp3) is 0.176. The highest BCUT2D eigenvalue weighted by atomic mass is 35.5. The third kappa shape index (κ3) is 2.94. The second-order valence-corrected chi connectivity index (χ2v) is 6.06. The smallest absolute Gasteiger partial charge is 0.162 e. The van der Waals surface area contributed by atoms with Crippen molar-refractivity contribution in [3.63, 3.8) is 0 Å². The maximum atomic E-state index is 9.19. The van der Waals surface area contributed by atoms with E-state index in [0.29, 0.717) is 11.0 Å². The van der Waals surface area contributed by atoms with Crippen molar-refractivity contribution in [2.45, 2.75) is 19.3 Å². The van der Waals surface area contributed by atoms with Crippen LogP contribution >= 0.6 is 11.6 Å². The van der Waals surface area contributed by atoms with Gasteiger partial charge in [-0.15, -0.1) is 10.2 Å². The Kier molecular flexibility index (Phi) is 3.85. The molecule has 0 radical (unpaired) electrons. The van der Waals surface area contributed by atoms with Crippen molar-refractivity contribution in [2.75, 3.05) is 5.32 Å². The van der Waals surface area contributed by atoms with Crippen LogP contribution in [0.3, 0.4) is 0 Å². The zero-order valence-corrected chi connectivity index (χ0v) is 13.5. The highest BCUT2D eigenvalue weighted by molar-refractivity contribution is 6.34. The SMILES string of the molecule is CC(C)(C#N)c1ccc(Nc2nnc(Cl)c3ccncc23)cc1. The Morgan fingerprint density at radius 2 is 1.83 bits per heavy atom. The molecule has 0 saturated carbocycles. The largest absolute Gasteiger partial charge is 0.338 e. The molecule has 2 heterocycles. The van der Waals surface area contributed by atoms with Gasteiger partial charge in [0, 0.05) is 28.9 Å². The summed E-state index contributed by atoms with van der Waals surface area (Å²) in [6.07, 6.45) is 3.36. The lowest BCUT2D eigenvalue weighted by Crippen LogP contribution is -2.13. The lowest BCUT2D eigenvalue weighted by atomic mass is 9.86. The number of nitrogens with zero attached hydrogens (tertiary/aromatic N) is 4. The van der Waals surface area contributed by atoms with Crippen LogP contribution < -0.4 is 5.32 Å². The number of rotatable bonds is 3. The van der Waals surface area contributed by atoms with Crippen LogP contribution in [0, 0.1) is 11.3 Å². The van der Waals surface area contributed by atoms with Gasteiger partial charge in [0.2, 0.25) is 0 Å². The lowest BCUT2D eigenvalue weighted by Gasteiger charge is -2.16. The molecule has 0 aliphatic rings. The molecule has 23 heavy (non-hydrogen) atoms.